The van der Waals surface area contributed by atoms with Crippen LogP contribution in [0.3, 0.4) is 0 Å². The maximum atomic E-state index is 11.6. The van der Waals surface area contributed by atoms with Crippen molar-refractivity contribution in [1.82, 2.24) is 5.48 Å². The molecule has 98 valence electrons. The number of rotatable bonds is 3. The van der Waals surface area contributed by atoms with Gasteiger partial charge in [-0.3, -0.25) is 0 Å². The first kappa shape index (κ1) is 12.9. The molecule has 0 radical (unpaired) electrons. The Morgan fingerprint density at radius 3 is 2.50 bits per heavy atom. The van der Waals surface area contributed by atoms with Crippen LogP contribution in [0.2, 0.25) is 0 Å². The van der Waals surface area contributed by atoms with Crippen molar-refractivity contribution < 1.29 is 9.63 Å². The highest BCUT2D eigenvalue weighted by Crippen LogP contribution is 2.41. The predicted molar refractivity (Wildman–Crippen MR) is 70.7 cm³/mol. The highest BCUT2D eigenvalue weighted by atomic mass is 16.7. The number of nitrogens with one attached hydrogen (secondary N) is 1. The lowest BCUT2D eigenvalue weighted by molar-refractivity contribution is -0.161. The van der Waals surface area contributed by atoms with Crippen LogP contribution in [0.15, 0.2) is 24.3 Å². The molecule has 0 aliphatic heterocycles. The molecule has 0 heterocycles. The summed E-state index contributed by atoms with van der Waals surface area (Å²) in [6.07, 6.45) is 0.987. The van der Waals surface area contributed by atoms with Crippen LogP contribution in [-0.4, -0.2) is 12.0 Å². The third kappa shape index (κ3) is 3.01. The second-order valence-corrected chi connectivity index (χ2v) is 5.87. The topological polar surface area (TPSA) is 64.3 Å². The normalized spacial score (nSPS) is 22.6. The lowest BCUT2D eigenvalue weighted by atomic mass is 9.98. The van der Waals surface area contributed by atoms with E-state index in [1.165, 1.54) is 5.56 Å². The minimum Gasteiger partial charge on any atom is -0.399 e. The highest BCUT2D eigenvalue weighted by Gasteiger charge is 2.40. The molecule has 0 bridgehead atoms. The van der Waals surface area contributed by atoms with Gasteiger partial charge in [-0.05, 0) is 44.9 Å². The van der Waals surface area contributed by atoms with E-state index >= 15 is 0 Å². The zero-order valence-corrected chi connectivity index (χ0v) is 11.1. The van der Waals surface area contributed by atoms with Gasteiger partial charge in [0.15, 0.2) is 0 Å². The molecule has 2 rings (SSSR count). The summed E-state index contributed by atoms with van der Waals surface area (Å²) in [5.74, 6) is 0.184. The van der Waals surface area contributed by atoms with E-state index in [2.05, 4.69) is 5.48 Å². The third-order valence-electron chi connectivity index (χ3n) is 3.07. The first-order valence-corrected chi connectivity index (χ1v) is 6.20. The number of hydrogen-bond acceptors (Lipinski definition) is 4. The SMILES string of the molecule is CC(C)(C)C(=O)ONC1CC1c1ccc(N)cc1. The molecule has 0 saturated heterocycles. The molecule has 1 aromatic rings. The highest BCUT2D eigenvalue weighted by molar-refractivity contribution is 5.75. The van der Waals surface area contributed by atoms with Gasteiger partial charge in [0, 0.05) is 11.6 Å². The van der Waals surface area contributed by atoms with Gasteiger partial charge in [0.25, 0.3) is 0 Å². The number of nitrogen functional groups attached to an aromatic ring is 1. The number of carbonyl (C=O) groups excluding carboxylic acids is 1. The zero-order chi connectivity index (χ0) is 13.3. The van der Waals surface area contributed by atoms with Crippen LogP contribution >= 0.6 is 0 Å². The standard InChI is InChI=1S/C14H20N2O2/c1-14(2,3)13(17)18-16-12-8-11(12)9-4-6-10(15)7-5-9/h4-7,11-12,16H,8,15H2,1-3H3. The summed E-state index contributed by atoms with van der Waals surface area (Å²) in [5.41, 5.74) is 10.0. The fourth-order valence-electron chi connectivity index (χ4n) is 1.72. The number of benzene rings is 1. The van der Waals surface area contributed by atoms with Crippen LogP contribution in [0.1, 0.15) is 38.7 Å². The molecule has 0 amide bonds. The summed E-state index contributed by atoms with van der Waals surface area (Å²) < 4.78 is 0. The van der Waals surface area contributed by atoms with Gasteiger partial charge in [0.1, 0.15) is 0 Å². The lowest BCUT2D eigenvalue weighted by Gasteiger charge is -2.16. The monoisotopic (exact) mass is 248 g/mol. The summed E-state index contributed by atoms with van der Waals surface area (Å²) >= 11 is 0. The Hall–Kier alpha value is -1.55. The molecule has 2 unspecified atom stereocenters. The second-order valence-electron chi connectivity index (χ2n) is 5.87. The first-order valence-electron chi connectivity index (χ1n) is 6.20. The minimum atomic E-state index is -0.474. The fourth-order valence-corrected chi connectivity index (χ4v) is 1.72. The van der Waals surface area contributed by atoms with E-state index in [0.717, 1.165) is 12.1 Å². The molecule has 2 atom stereocenters. The van der Waals surface area contributed by atoms with Crippen LogP contribution in [0, 0.1) is 5.41 Å². The largest absolute Gasteiger partial charge is 0.399 e. The zero-order valence-electron chi connectivity index (χ0n) is 11.1. The quantitative estimate of drug-likeness (QED) is 0.636. The van der Waals surface area contributed by atoms with Gasteiger partial charge >= 0.3 is 5.97 Å². The molecular formula is C14H20N2O2. The second kappa shape index (κ2) is 4.61. The van der Waals surface area contributed by atoms with E-state index in [1.807, 2.05) is 45.0 Å². The summed E-state index contributed by atoms with van der Waals surface area (Å²) in [7, 11) is 0. The Kier molecular flexibility index (Phi) is 3.30. The summed E-state index contributed by atoms with van der Waals surface area (Å²) in [6.45, 7) is 5.50. The van der Waals surface area contributed by atoms with Gasteiger partial charge < -0.3 is 10.6 Å². The number of hydroxylamine groups is 1. The van der Waals surface area contributed by atoms with E-state index in [-0.39, 0.29) is 12.0 Å². The molecule has 1 aliphatic rings. The molecule has 4 nitrogen and oxygen atoms in total. The number of hydrogen-bond donors (Lipinski definition) is 2. The van der Waals surface area contributed by atoms with Gasteiger partial charge in [-0.2, -0.15) is 0 Å². The summed E-state index contributed by atoms with van der Waals surface area (Å²) in [5, 5.41) is 0. The molecule has 1 aromatic carbocycles. The van der Waals surface area contributed by atoms with Crippen LogP contribution in [0.5, 0.6) is 0 Å². The van der Waals surface area contributed by atoms with Crippen LogP contribution in [0.25, 0.3) is 0 Å². The Labute approximate surface area is 107 Å². The van der Waals surface area contributed by atoms with Crippen molar-refractivity contribution in [3.05, 3.63) is 29.8 Å². The summed E-state index contributed by atoms with van der Waals surface area (Å²) in [4.78, 5) is 16.7. The Morgan fingerprint density at radius 1 is 1.33 bits per heavy atom. The van der Waals surface area contributed by atoms with E-state index < -0.39 is 5.41 Å². The smallest absolute Gasteiger partial charge is 0.329 e. The van der Waals surface area contributed by atoms with E-state index in [0.29, 0.717) is 5.92 Å². The van der Waals surface area contributed by atoms with Crippen LogP contribution < -0.4 is 11.2 Å². The van der Waals surface area contributed by atoms with Crippen molar-refractivity contribution in [3.8, 4) is 0 Å². The van der Waals surface area contributed by atoms with Gasteiger partial charge in [0.2, 0.25) is 0 Å². The van der Waals surface area contributed by atoms with Crippen molar-refractivity contribution >= 4 is 11.7 Å². The first-order chi connectivity index (χ1) is 8.38. The molecule has 1 fully saturated rings. The van der Waals surface area contributed by atoms with Crippen LogP contribution in [0.4, 0.5) is 5.69 Å². The van der Waals surface area contributed by atoms with Gasteiger partial charge in [-0.15, -0.1) is 5.48 Å². The van der Waals surface area contributed by atoms with Gasteiger partial charge in [-0.25, -0.2) is 4.79 Å². The van der Waals surface area contributed by atoms with Crippen molar-refractivity contribution in [2.45, 2.75) is 39.2 Å². The average Bonchev–Trinajstić information content (AvgIpc) is 3.05. The number of nitrogens with two attached hydrogens (primary N) is 1. The number of anilines is 1. The summed E-state index contributed by atoms with van der Waals surface area (Å²) in [6, 6.07) is 8.05. The average molecular weight is 248 g/mol. The lowest BCUT2D eigenvalue weighted by Crippen LogP contribution is -2.31. The van der Waals surface area contributed by atoms with E-state index in [9.17, 15) is 4.79 Å². The molecule has 3 N–H and O–H groups in total. The molecule has 18 heavy (non-hydrogen) atoms. The minimum absolute atomic E-state index is 0.222. The Morgan fingerprint density at radius 2 is 1.94 bits per heavy atom. The number of carbonyl (C=O) groups is 1. The molecule has 4 heteroatoms. The Bertz CT molecular complexity index is 434. The molecule has 1 saturated carbocycles. The third-order valence-corrected chi connectivity index (χ3v) is 3.07. The molecule has 1 aliphatic carbocycles. The maximum absolute atomic E-state index is 11.6. The van der Waals surface area contributed by atoms with Crippen molar-refractivity contribution in [2.75, 3.05) is 5.73 Å². The van der Waals surface area contributed by atoms with Crippen LogP contribution in [-0.2, 0) is 9.63 Å². The molecular weight excluding hydrogens is 228 g/mol. The Balaban J connectivity index is 1.82. The van der Waals surface area contributed by atoms with Crippen molar-refractivity contribution in [3.63, 3.8) is 0 Å². The van der Waals surface area contributed by atoms with Crippen molar-refractivity contribution in [1.29, 1.82) is 0 Å². The van der Waals surface area contributed by atoms with Gasteiger partial charge in [-0.1, -0.05) is 12.1 Å². The van der Waals surface area contributed by atoms with E-state index in [1.54, 1.807) is 0 Å². The predicted octanol–water partition coefficient (Wildman–Crippen LogP) is 2.22. The van der Waals surface area contributed by atoms with Crippen molar-refractivity contribution in [2.24, 2.45) is 5.41 Å². The fraction of sp³-hybridized carbons (Fsp3) is 0.500. The van der Waals surface area contributed by atoms with Gasteiger partial charge in [0.05, 0.1) is 11.5 Å². The molecule has 0 aromatic heterocycles. The maximum Gasteiger partial charge on any atom is 0.329 e. The molecule has 0 spiro atoms. The van der Waals surface area contributed by atoms with E-state index in [4.69, 9.17) is 10.6 Å².